The lowest BCUT2D eigenvalue weighted by Crippen LogP contribution is -2.28. The van der Waals surface area contributed by atoms with Gasteiger partial charge in [-0.05, 0) is 66.4 Å². The summed E-state index contributed by atoms with van der Waals surface area (Å²) in [6, 6.07) is 3.89. The van der Waals surface area contributed by atoms with Gasteiger partial charge in [0.05, 0.1) is 6.54 Å². The van der Waals surface area contributed by atoms with Gasteiger partial charge in [-0.1, -0.05) is 6.07 Å². The van der Waals surface area contributed by atoms with Crippen molar-refractivity contribution in [1.82, 2.24) is 9.55 Å². The highest BCUT2D eigenvalue weighted by Crippen LogP contribution is 2.16. The van der Waals surface area contributed by atoms with Gasteiger partial charge in [-0.15, -0.1) is 0 Å². The Morgan fingerprint density at radius 1 is 1.14 bits per heavy atom. The lowest BCUT2D eigenvalue weighted by molar-refractivity contribution is 0.0968. The van der Waals surface area contributed by atoms with Crippen LogP contribution in [0.5, 0.6) is 0 Å². The van der Waals surface area contributed by atoms with Crippen LogP contribution in [0.2, 0.25) is 0 Å². The van der Waals surface area contributed by atoms with Gasteiger partial charge in [-0.3, -0.25) is 14.2 Å². The molecule has 1 aromatic heterocycles. The van der Waals surface area contributed by atoms with Crippen molar-refractivity contribution in [3.8, 4) is 0 Å². The third-order valence-corrected chi connectivity index (χ3v) is 4.19. The van der Waals surface area contributed by atoms with E-state index in [9.17, 15) is 9.59 Å². The summed E-state index contributed by atoms with van der Waals surface area (Å²) in [4.78, 5) is 28.7. The van der Waals surface area contributed by atoms with E-state index in [2.05, 4.69) is 20.9 Å². The number of aromatic nitrogens is 2. The van der Waals surface area contributed by atoms with Gasteiger partial charge in [-0.25, -0.2) is 4.98 Å². The smallest absolute Gasteiger partial charge is 0.268 e. The topological polar surface area (TPSA) is 52.0 Å². The number of hydrogen-bond donors (Lipinski definition) is 0. The maximum absolute atomic E-state index is 12.5. The molecule has 5 heteroatoms. The fraction of sp³-hybridized carbons (Fsp3) is 0.312. The molecule has 2 aromatic rings. The summed E-state index contributed by atoms with van der Waals surface area (Å²) in [5.74, 6) is 0.443. The molecule has 4 nitrogen and oxygen atoms in total. The summed E-state index contributed by atoms with van der Waals surface area (Å²) in [5.41, 5.74) is 3.57. The van der Waals surface area contributed by atoms with Gasteiger partial charge >= 0.3 is 0 Å². The van der Waals surface area contributed by atoms with Crippen molar-refractivity contribution in [3.63, 3.8) is 0 Å². The molecule has 0 radical (unpaired) electrons. The molecule has 0 aliphatic carbocycles. The Bertz CT molecular complexity index is 779. The largest absolute Gasteiger partial charge is 0.292 e. The molecule has 0 aliphatic rings. The monoisotopic (exact) mass is 348 g/mol. The van der Waals surface area contributed by atoms with Crippen LogP contribution in [-0.2, 0) is 6.54 Å². The molecule has 0 atom stereocenters. The van der Waals surface area contributed by atoms with Crippen LogP contribution in [0.3, 0.4) is 0 Å². The number of halogens is 1. The van der Waals surface area contributed by atoms with Crippen molar-refractivity contribution >= 4 is 21.7 Å². The SMILES string of the molecule is Cc1cc(C)c(C(=O)Cn2c(C)ncc(Br)c2=O)cc1C. The molecule has 1 heterocycles. The van der Waals surface area contributed by atoms with E-state index in [-0.39, 0.29) is 17.9 Å². The van der Waals surface area contributed by atoms with E-state index >= 15 is 0 Å². The zero-order valence-electron chi connectivity index (χ0n) is 12.5. The van der Waals surface area contributed by atoms with Crippen LogP contribution < -0.4 is 5.56 Å². The molecule has 0 amide bonds. The Morgan fingerprint density at radius 3 is 2.43 bits per heavy atom. The second kappa shape index (κ2) is 5.93. The van der Waals surface area contributed by atoms with Crippen LogP contribution in [0.4, 0.5) is 0 Å². The molecule has 0 saturated carbocycles. The summed E-state index contributed by atoms with van der Waals surface area (Å²) in [7, 11) is 0. The highest BCUT2D eigenvalue weighted by molar-refractivity contribution is 9.10. The van der Waals surface area contributed by atoms with E-state index in [1.165, 1.54) is 10.8 Å². The molecule has 21 heavy (non-hydrogen) atoms. The first-order valence-corrected chi connectivity index (χ1v) is 7.43. The molecule has 0 aliphatic heterocycles. The van der Waals surface area contributed by atoms with E-state index in [1.54, 1.807) is 6.92 Å². The van der Waals surface area contributed by atoms with E-state index in [0.29, 0.717) is 15.9 Å². The second-order valence-electron chi connectivity index (χ2n) is 5.22. The van der Waals surface area contributed by atoms with Crippen molar-refractivity contribution < 1.29 is 4.79 Å². The molecule has 1 aromatic carbocycles. The molecule has 0 saturated heterocycles. The average Bonchev–Trinajstić information content (AvgIpc) is 2.43. The Balaban J connectivity index is 2.42. The number of nitrogens with zero attached hydrogens (tertiary/aromatic N) is 2. The normalized spacial score (nSPS) is 10.7. The third kappa shape index (κ3) is 3.13. The number of carbonyl (C=O) groups excluding carboxylic acids is 1. The van der Waals surface area contributed by atoms with Gasteiger partial charge in [0.2, 0.25) is 0 Å². The summed E-state index contributed by atoms with van der Waals surface area (Å²) in [6.45, 7) is 7.62. The van der Waals surface area contributed by atoms with E-state index < -0.39 is 0 Å². The predicted octanol–water partition coefficient (Wildman–Crippen LogP) is 3.12. The van der Waals surface area contributed by atoms with Crippen LogP contribution >= 0.6 is 15.9 Å². The Kier molecular flexibility index (Phi) is 4.42. The molecule has 2 rings (SSSR count). The molecule has 110 valence electrons. The van der Waals surface area contributed by atoms with Crippen molar-refractivity contribution in [2.24, 2.45) is 0 Å². The first-order chi connectivity index (χ1) is 9.81. The predicted molar refractivity (Wildman–Crippen MR) is 85.9 cm³/mol. The molecular formula is C16H17BrN2O2. The fourth-order valence-electron chi connectivity index (χ4n) is 2.23. The highest BCUT2D eigenvalue weighted by Gasteiger charge is 2.14. The zero-order valence-corrected chi connectivity index (χ0v) is 14.1. The molecule has 0 spiro atoms. The maximum atomic E-state index is 12.5. The summed E-state index contributed by atoms with van der Waals surface area (Å²) in [6.07, 6.45) is 1.46. The summed E-state index contributed by atoms with van der Waals surface area (Å²) >= 11 is 3.15. The van der Waals surface area contributed by atoms with Crippen LogP contribution in [0.1, 0.15) is 32.9 Å². The Hall–Kier alpha value is -1.75. The molecule has 0 unspecified atom stereocenters. The summed E-state index contributed by atoms with van der Waals surface area (Å²) in [5, 5.41) is 0. The molecule has 0 N–H and O–H groups in total. The van der Waals surface area contributed by atoms with Crippen LogP contribution in [0.25, 0.3) is 0 Å². The van der Waals surface area contributed by atoms with Crippen molar-refractivity contribution in [3.05, 3.63) is 61.2 Å². The lowest BCUT2D eigenvalue weighted by atomic mass is 9.98. The Labute approximate surface area is 132 Å². The number of rotatable bonds is 3. The quantitative estimate of drug-likeness (QED) is 0.800. The van der Waals surface area contributed by atoms with E-state index in [4.69, 9.17) is 0 Å². The molecular weight excluding hydrogens is 332 g/mol. The van der Waals surface area contributed by atoms with Gasteiger partial charge in [0.1, 0.15) is 10.3 Å². The van der Waals surface area contributed by atoms with Gasteiger partial charge in [0.15, 0.2) is 5.78 Å². The summed E-state index contributed by atoms with van der Waals surface area (Å²) < 4.78 is 1.75. The highest BCUT2D eigenvalue weighted by atomic mass is 79.9. The van der Waals surface area contributed by atoms with Crippen LogP contribution in [0, 0.1) is 27.7 Å². The number of benzene rings is 1. The van der Waals surface area contributed by atoms with Crippen molar-refractivity contribution in [2.75, 3.05) is 0 Å². The molecule has 0 bridgehead atoms. The van der Waals surface area contributed by atoms with Crippen molar-refractivity contribution in [2.45, 2.75) is 34.2 Å². The van der Waals surface area contributed by atoms with Gasteiger partial charge < -0.3 is 0 Å². The van der Waals surface area contributed by atoms with Gasteiger partial charge in [0.25, 0.3) is 5.56 Å². The lowest BCUT2D eigenvalue weighted by Gasteiger charge is -2.12. The standard InChI is InChI=1S/C16H17BrN2O2/c1-9-5-11(3)13(6-10(9)2)15(20)8-19-12(4)18-7-14(17)16(19)21/h5-7H,8H2,1-4H3. The first kappa shape index (κ1) is 15.6. The number of Topliss-reactive ketones (excluding diaryl/α,β-unsaturated/α-hetero) is 1. The Morgan fingerprint density at radius 2 is 1.76 bits per heavy atom. The number of ketones is 1. The molecule has 0 fully saturated rings. The van der Waals surface area contributed by atoms with E-state index in [1.807, 2.05) is 32.9 Å². The van der Waals surface area contributed by atoms with Gasteiger partial charge in [0, 0.05) is 11.8 Å². The minimum absolute atomic E-state index is 0.000444. The number of hydrogen-bond acceptors (Lipinski definition) is 3. The van der Waals surface area contributed by atoms with Crippen LogP contribution in [-0.4, -0.2) is 15.3 Å². The minimum atomic E-state index is -0.239. The number of carbonyl (C=O) groups is 1. The third-order valence-electron chi connectivity index (χ3n) is 3.65. The van der Waals surface area contributed by atoms with Crippen LogP contribution in [0.15, 0.2) is 27.6 Å². The fourth-order valence-corrected chi connectivity index (χ4v) is 2.54. The number of aryl methyl sites for hydroxylation is 4. The van der Waals surface area contributed by atoms with Gasteiger partial charge in [-0.2, -0.15) is 0 Å². The average molecular weight is 349 g/mol. The van der Waals surface area contributed by atoms with E-state index in [0.717, 1.165) is 16.7 Å². The zero-order chi connectivity index (χ0) is 15.7. The van der Waals surface area contributed by atoms with Crippen molar-refractivity contribution in [1.29, 1.82) is 0 Å². The minimum Gasteiger partial charge on any atom is -0.292 e. The first-order valence-electron chi connectivity index (χ1n) is 6.64. The maximum Gasteiger partial charge on any atom is 0.268 e. The second-order valence-corrected chi connectivity index (χ2v) is 6.07.